The van der Waals surface area contributed by atoms with Crippen LogP contribution in [-0.2, 0) is 20.9 Å². The second-order valence-corrected chi connectivity index (χ2v) is 6.91. The first-order valence-corrected chi connectivity index (χ1v) is 9.90. The van der Waals surface area contributed by atoms with Crippen molar-refractivity contribution in [3.63, 3.8) is 0 Å². The van der Waals surface area contributed by atoms with E-state index in [1.807, 2.05) is 0 Å². The number of carbonyl (C=O) groups is 3. The summed E-state index contributed by atoms with van der Waals surface area (Å²) in [4.78, 5) is 36.8. The Bertz CT molecular complexity index is 1020. The van der Waals surface area contributed by atoms with Crippen molar-refractivity contribution in [1.82, 2.24) is 0 Å². The molecule has 3 rings (SSSR count). The Labute approximate surface area is 176 Å². The van der Waals surface area contributed by atoms with Crippen LogP contribution in [0.1, 0.15) is 33.2 Å². The molecule has 0 aliphatic carbocycles. The zero-order valence-electron chi connectivity index (χ0n) is 16.0. The first-order chi connectivity index (χ1) is 14.5. The van der Waals surface area contributed by atoms with Crippen molar-refractivity contribution in [3.8, 4) is 11.3 Å². The Morgan fingerprint density at radius 2 is 1.87 bits per heavy atom. The molecule has 2 N–H and O–H groups in total. The van der Waals surface area contributed by atoms with Crippen LogP contribution in [-0.4, -0.2) is 36.2 Å². The Kier molecular flexibility index (Phi) is 6.99. The lowest BCUT2D eigenvalue weighted by Gasteiger charge is -2.08. The maximum absolute atomic E-state index is 12.4. The van der Waals surface area contributed by atoms with Gasteiger partial charge in [-0.05, 0) is 36.8 Å². The Morgan fingerprint density at radius 3 is 2.50 bits per heavy atom. The van der Waals surface area contributed by atoms with E-state index >= 15 is 0 Å². The molecule has 3 aromatic rings. The first kappa shape index (κ1) is 21.3. The lowest BCUT2D eigenvalue weighted by molar-refractivity contribution is -0.119. The summed E-state index contributed by atoms with van der Waals surface area (Å²) in [7, 11) is 0. The smallest absolute Gasteiger partial charge is 0.341 e. The van der Waals surface area contributed by atoms with E-state index in [9.17, 15) is 14.4 Å². The average molecular weight is 429 g/mol. The van der Waals surface area contributed by atoms with Crippen molar-refractivity contribution >= 4 is 34.2 Å². The fourth-order valence-corrected chi connectivity index (χ4v) is 3.55. The van der Waals surface area contributed by atoms with E-state index < -0.39 is 24.5 Å². The highest BCUT2D eigenvalue weighted by Crippen LogP contribution is 2.36. The zero-order valence-corrected chi connectivity index (χ0v) is 16.9. The minimum absolute atomic E-state index is 0.138. The number of furan rings is 1. The monoisotopic (exact) mass is 429 g/mol. The highest BCUT2D eigenvalue weighted by molar-refractivity contribution is 7.15. The van der Waals surface area contributed by atoms with Crippen molar-refractivity contribution in [2.45, 2.75) is 13.5 Å². The third-order valence-corrected chi connectivity index (χ3v) is 4.91. The average Bonchev–Trinajstić information content (AvgIpc) is 3.42. The van der Waals surface area contributed by atoms with E-state index in [2.05, 4.69) is 5.32 Å². The highest BCUT2D eigenvalue weighted by Gasteiger charge is 2.24. The van der Waals surface area contributed by atoms with Crippen molar-refractivity contribution in [2.75, 3.05) is 18.5 Å². The second kappa shape index (κ2) is 9.86. The van der Waals surface area contributed by atoms with Crippen LogP contribution in [0.5, 0.6) is 0 Å². The van der Waals surface area contributed by atoms with Gasteiger partial charge < -0.3 is 24.3 Å². The lowest BCUT2D eigenvalue weighted by Crippen LogP contribution is -2.21. The van der Waals surface area contributed by atoms with Crippen LogP contribution >= 0.6 is 11.3 Å². The van der Waals surface area contributed by atoms with Gasteiger partial charge in [-0.3, -0.25) is 4.79 Å². The molecule has 8 nitrogen and oxygen atoms in total. The summed E-state index contributed by atoms with van der Waals surface area (Å²) in [5, 5.41) is 13.6. The Balaban J connectivity index is 1.68. The molecule has 30 heavy (non-hydrogen) atoms. The molecule has 0 bridgehead atoms. The van der Waals surface area contributed by atoms with Crippen molar-refractivity contribution in [1.29, 1.82) is 0 Å². The van der Waals surface area contributed by atoms with E-state index in [1.165, 1.54) is 18.4 Å². The van der Waals surface area contributed by atoms with Gasteiger partial charge >= 0.3 is 11.9 Å². The number of aliphatic hydroxyl groups excluding tert-OH is 1. The molecule has 0 aliphatic rings. The summed E-state index contributed by atoms with van der Waals surface area (Å²) in [6.45, 7) is 1.19. The van der Waals surface area contributed by atoms with Crippen molar-refractivity contribution < 1.29 is 33.4 Å². The third kappa shape index (κ3) is 4.94. The molecule has 2 aromatic heterocycles. The molecule has 0 spiro atoms. The molecule has 0 radical (unpaired) electrons. The van der Waals surface area contributed by atoms with Crippen LogP contribution in [0.2, 0.25) is 0 Å². The molecular formula is C21H19NO7S. The molecule has 1 amide bonds. The quantitative estimate of drug-likeness (QED) is 0.527. The SMILES string of the molecule is CCOC(=O)c1c(-c2ccco2)csc1NC(=O)COC(=O)c1ccc(CO)cc1. The molecule has 0 saturated carbocycles. The Morgan fingerprint density at radius 1 is 1.10 bits per heavy atom. The van der Waals surface area contributed by atoms with Crippen LogP contribution in [0.3, 0.4) is 0 Å². The Hall–Kier alpha value is -3.43. The number of nitrogens with one attached hydrogen (secondary N) is 1. The fraction of sp³-hybridized carbons (Fsp3) is 0.190. The molecule has 0 aliphatic heterocycles. The minimum atomic E-state index is -0.678. The van der Waals surface area contributed by atoms with Gasteiger partial charge in [0.1, 0.15) is 16.3 Å². The number of amides is 1. The van der Waals surface area contributed by atoms with Crippen molar-refractivity contribution in [2.24, 2.45) is 0 Å². The number of esters is 2. The second-order valence-electron chi connectivity index (χ2n) is 6.03. The van der Waals surface area contributed by atoms with Crippen LogP contribution in [0.4, 0.5) is 5.00 Å². The van der Waals surface area contributed by atoms with Crippen LogP contribution < -0.4 is 5.32 Å². The summed E-state index contributed by atoms with van der Waals surface area (Å²) in [5.74, 6) is -1.41. The maximum Gasteiger partial charge on any atom is 0.341 e. The van der Waals surface area contributed by atoms with Gasteiger partial charge in [0.25, 0.3) is 5.91 Å². The number of benzene rings is 1. The molecule has 0 unspecified atom stereocenters. The van der Waals surface area contributed by atoms with Crippen LogP contribution in [0.25, 0.3) is 11.3 Å². The zero-order chi connectivity index (χ0) is 21.5. The molecule has 0 fully saturated rings. The predicted molar refractivity (Wildman–Crippen MR) is 109 cm³/mol. The number of anilines is 1. The summed E-state index contributed by atoms with van der Waals surface area (Å²) in [6.07, 6.45) is 1.48. The maximum atomic E-state index is 12.4. The van der Waals surface area contributed by atoms with E-state index in [1.54, 1.807) is 36.6 Å². The number of carbonyl (C=O) groups excluding carboxylic acids is 3. The van der Waals surface area contributed by atoms with Gasteiger partial charge in [-0.1, -0.05) is 12.1 Å². The molecule has 2 heterocycles. The molecular weight excluding hydrogens is 410 g/mol. The van der Waals surface area contributed by atoms with E-state index in [4.69, 9.17) is 19.0 Å². The summed E-state index contributed by atoms with van der Waals surface area (Å²) in [5.41, 5.74) is 1.58. The van der Waals surface area contributed by atoms with Gasteiger partial charge in [0.2, 0.25) is 0 Å². The standard InChI is InChI=1S/C21H19NO7S/c1-2-27-21(26)18-15(16-4-3-9-28-16)12-30-19(18)22-17(24)11-29-20(25)14-7-5-13(10-23)6-8-14/h3-9,12,23H,2,10-11H2,1H3,(H,22,24). The van der Waals surface area contributed by atoms with E-state index in [-0.39, 0.29) is 29.3 Å². The molecule has 0 saturated heterocycles. The van der Waals surface area contributed by atoms with Gasteiger partial charge in [0.15, 0.2) is 6.61 Å². The molecule has 9 heteroatoms. The largest absolute Gasteiger partial charge is 0.464 e. The van der Waals surface area contributed by atoms with Crippen LogP contribution in [0.15, 0.2) is 52.5 Å². The summed E-state index contributed by atoms with van der Waals surface area (Å²) >= 11 is 1.13. The number of hydrogen-bond donors (Lipinski definition) is 2. The number of hydrogen-bond acceptors (Lipinski definition) is 8. The fourth-order valence-electron chi connectivity index (χ4n) is 2.59. The number of aliphatic hydroxyl groups is 1. The lowest BCUT2D eigenvalue weighted by atomic mass is 10.1. The van der Waals surface area contributed by atoms with Gasteiger partial charge in [-0.2, -0.15) is 0 Å². The minimum Gasteiger partial charge on any atom is -0.464 e. The van der Waals surface area contributed by atoms with Crippen LogP contribution in [0, 0.1) is 0 Å². The first-order valence-electron chi connectivity index (χ1n) is 9.02. The van der Waals surface area contributed by atoms with Gasteiger partial charge in [-0.15, -0.1) is 11.3 Å². The third-order valence-electron chi connectivity index (χ3n) is 4.02. The van der Waals surface area contributed by atoms with E-state index in [0.717, 1.165) is 11.3 Å². The van der Waals surface area contributed by atoms with Crippen molar-refractivity contribution in [3.05, 3.63) is 64.7 Å². The number of ether oxygens (including phenoxy) is 2. The van der Waals surface area contributed by atoms with Gasteiger partial charge in [0, 0.05) is 10.9 Å². The molecule has 0 atom stereocenters. The molecule has 156 valence electrons. The topological polar surface area (TPSA) is 115 Å². The number of rotatable bonds is 8. The van der Waals surface area contributed by atoms with Gasteiger partial charge in [-0.25, -0.2) is 9.59 Å². The van der Waals surface area contributed by atoms with Gasteiger partial charge in [0.05, 0.1) is 25.0 Å². The summed E-state index contributed by atoms with van der Waals surface area (Å²) < 4.78 is 15.5. The number of thiophene rings is 1. The predicted octanol–water partition coefficient (Wildman–Crippen LogP) is 3.47. The van der Waals surface area contributed by atoms with E-state index in [0.29, 0.717) is 16.9 Å². The summed E-state index contributed by atoms with van der Waals surface area (Å²) in [6, 6.07) is 9.56. The molecule has 1 aromatic carbocycles. The normalized spacial score (nSPS) is 10.5. The highest BCUT2D eigenvalue weighted by atomic mass is 32.1.